The Morgan fingerprint density at radius 1 is 1.25 bits per heavy atom. The molecule has 7 nitrogen and oxygen atoms in total. The van der Waals surface area contributed by atoms with E-state index < -0.39 is 0 Å². The fraction of sp³-hybridized carbons (Fsp3) is 0.846. The first-order valence-electron chi connectivity index (χ1n) is 6.97. The molecule has 0 amide bonds. The van der Waals surface area contributed by atoms with Crippen molar-refractivity contribution < 1.29 is 13.9 Å². The van der Waals surface area contributed by atoms with Gasteiger partial charge in [0.2, 0.25) is 5.89 Å². The fourth-order valence-electron chi connectivity index (χ4n) is 2.26. The highest BCUT2D eigenvalue weighted by molar-refractivity contribution is 5.28. The van der Waals surface area contributed by atoms with E-state index in [0.29, 0.717) is 37.5 Å². The van der Waals surface area contributed by atoms with Crippen molar-refractivity contribution in [3.8, 4) is 0 Å². The largest absolute Gasteiger partial charge is 0.407 e. The maximum Gasteiger partial charge on any atom is 0.318 e. The molecule has 114 valence electrons. The molecule has 1 saturated heterocycles. The zero-order valence-electron chi connectivity index (χ0n) is 12.6. The number of methoxy groups -OCH3 is 2. The lowest BCUT2D eigenvalue weighted by Gasteiger charge is -2.13. The molecule has 0 radical (unpaired) electrons. The highest BCUT2D eigenvalue weighted by Gasteiger charge is 2.35. The Bertz CT molecular complexity index is 398. The van der Waals surface area contributed by atoms with Crippen LogP contribution in [0, 0.1) is 5.92 Å². The van der Waals surface area contributed by atoms with Gasteiger partial charge in [-0.15, -0.1) is 5.10 Å². The van der Waals surface area contributed by atoms with Crippen LogP contribution in [0.15, 0.2) is 4.42 Å². The van der Waals surface area contributed by atoms with Crippen LogP contribution in [0.4, 0.5) is 6.01 Å². The Morgan fingerprint density at radius 3 is 2.45 bits per heavy atom. The molecule has 1 aliphatic heterocycles. The van der Waals surface area contributed by atoms with Crippen molar-refractivity contribution in [2.24, 2.45) is 5.92 Å². The quantitative estimate of drug-likeness (QED) is 0.788. The van der Waals surface area contributed by atoms with Gasteiger partial charge in [0, 0.05) is 14.2 Å². The second-order valence-electron chi connectivity index (χ2n) is 5.46. The number of aromatic nitrogens is 2. The summed E-state index contributed by atoms with van der Waals surface area (Å²) in [6.07, 6.45) is 0.0730. The number of rotatable bonds is 7. The Kier molecular flexibility index (Phi) is 5.33. The van der Waals surface area contributed by atoms with Crippen LogP contribution in [0.5, 0.6) is 0 Å². The minimum Gasteiger partial charge on any atom is -0.407 e. The molecule has 1 N–H and O–H groups in total. The van der Waals surface area contributed by atoms with Crippen LogP contribution >= 0.6 is 0 Å². The van der Waals surface area contributed by atoms with Crippen molar-refractivity contribution in [1.29, 1.82) is 0 Å². The molecule has 7 heteroatoms. The number of nitrogens with zero attached hydrogens (tertiary/aromatic N) is 3. The summed E-state index contributed by atoms with van der Waals surface area (Å²) in [5.41, 5.74) is 0. The maximum absolute atomic E-state index is 5.67. The molecular weight excluding hydrogens is 260 g/mol. The Labute approximate surface area is 119 Å². The van der Waals surface area contributed by atoms with Gasteiger partial charge in [0.1, 0.15) is 12.2 Å². The van der Waals surface area contributed by atoms with Crippen LogP contribution < -0.4 is 10.2 Å². The predicted molar refractivity (Wildman–Crippen MR) is 74.6 cm³/mol. The van der Waals surface area contributed by atoms with Crippen LogP contribution in [-0.4, -0.2) is 56.3 Å². The van der Waals surface area contributed by atoms with E-state index in [2.05, 4.69) is 29.4 Å². The highest BCUT2D eigenvalue weighted by atomic mass is 16.5. The second kappa shape index (κ2) is 7.01. The van der Waals surface area contributed by atoms with Crippen LogP contribution in [0.1, 0.15) is 19.7 Å². The Balaban J connectivity index is 1.89. The average Bonchev–Trinajstić information content (AvgIpc) is 3.03. The van der Waals surface area contributed by atoms with E-state index in [-0.39, 0.29) is 12.2 Å². The Hall–Kier alpha value is -1.18. The van der Waals surface area contributed by atoms with Gasteiger partial charge in [-0.25, -0.2) is 0 Å². The third-order valence-corrected chi connectivity index (χ3v) is 3.38. The van der Waals surface area contributed by atoms with E-state index in [1.807, 2.05) is 4.90 Å². The first kappa shape index (κ1) is 15.2. The van der Waals surface area contributed by atoms with Crippen LogP contribution in [0.3, 0.4) is 0 Å². The first-order chi connectivity index (χ1) is 9.63. The molecule has 1 fully saturated rings. The van der Waals surface area contributed by atoms with Crippen LogP contribution in [0.25, 0.3) is 0 Å². The van der Waals surface area contributed by atoms with Crippen molar-refractivity contribution in [2.75, 3.05) is 38.8 Å². The molecule has 2 rings (SSSR count). The summed E-state index contributed by atoms with van der Waals surface area (Å²) in [7, 11) is 3.38. The average molecular weight is 284 g/mol. The minimum atomic E-state index is 0.0365. The van der Waals surface area contributed by atoms with E-state index in [9.17, 15) is 0 Å². The van der Waals surface area contributed by atoms with Gasteiger partial charge < -0.3 is 24.1 Å². The van der Waals surface area contributed by atoms with Crippen molar-refractivity contribution in [3.05, 3.63) is 5.89 Å². The molecule has 0 aromatic carbocycles. The number of anilines is 1. The first-order valence-corrected chi connectivity index (χ1v) is 6.97. The molecule has 1 aliphatic rings. The van der Waals surface area contributed by atoms with Gasteiger partial charge in [0.25, 0.3) is 0 Å². The summed E-state index contributed by atoms with van der Waals surface area (Å²) in [5.74, 6) is 1.20. The van der Waals surface area contributed by atoms with Gasteiger partial charge in [0.05, 0.1) is 19.6 Å². The van der Waals surface area contributed by atoms with Crippen molar-refractivity contribution in [2.45, 2.75) is 32.6 Å². The predicted octanol–water partition coefficient (Wildman–Crippen LogP) is 0.665. The third kappa shape index (κ3) is 3.68. The summed E-state index contributed by atoms with van der Waals surface area (Å²) < 4.78 is 16.5. The van der Waals surface area contributed by atoms with Crippen LogP contribution in [-0.2, 0) is 16.0 Å². The topological polar surface area (TPSA) is 72.7 Å². The monoisotopic (exact) mass is 284 g/mol. The van der Waals surface area contributed by atoms with Crippen molar-refractivity contribution >= 4 is 6.01 Å². The van der Waals surface area contributed by atoms with E-state index in [0.717, 1.165) is 6.54 Å². The molecule has 2 unspecified atom stereocenters. The third-order valence-electron chi connectivity index (χ3n) is 3.38. The standard InChI is InChI=1S/C13H24N4O3/c1-9(2)5-14-6-12-15-16-13(20-12)17-7-10(18-3)11(8-17)19-4/h9-11,14H,5-8H2,1-4H3. The van der Waals surface area contributed by atoms with Gasteiger partial charge in [0.15, 0.2) is 0 Å². The van der Waals surface area contributed by atoms with E-state index in [1.54, 1.807) is 14.2 Å². The molecule has 0 spiro atoms. The second-order valence-corrected chi connectivity index (χ2v) is 5.46. The van der Waals surface area contributed by atoms with E-state index >= 15 is 0 Å². The summed E-state index contributed by atoms with van der Waals surface area (Å²) in [6, 6.07) is 0.535. The SMILES string of the molecule is COC1CN(c2nnc(CNCC(C)C)o2)CC1OC. The molecule has 0 bridgehead atoms. The highest BCUT2D eigenvalue weighted by Crippen LogP contribution is 2.22. The van der Waals surface area contributed by atoms with E-state index in [1.165, 1.54) is 0 Å². The number of hydrogen-bond acceptors (Lipinski definition) is 7. The lowest BCUT2D eigenvalue weighted by molar-refractivity contribution is -0.00461. The molecular formula is C13H24N4O3. The summed E-state index contributed by atoms with van der Waals surface area (Å²) in [5, 5.41) is 11.4. The van der Waals surface area contributed by atoms with Gasteiger partial charge in [-0.2, -0.15) is 0 Å². The smallest absolute Gasteiger partial charge is 0.318 e. The normalized spacial score (nSPS) is 22.9. The number of ether oxygens (including phenoxy) is 2. The molecule has 2 atom stereocenters. The fourth-order valence-corrected chi connectivity index (χ4v) is 2.26. The van der Waals surface area contributed by atoms with Crippen molar-refractivity contribution in [3.63, 3.8) is 0 Å². The lowest BCUT2D eigenvalue weighted by Crippen LogP contribution is -2.27. The van der Waals surface area contributed by atoms with Crippen molar-refractivity contribution in [1.82, 2.24) is 15.5 Å². The number of hydrogen-bond donors (Lipinski definition) is 1. The number of nitrogens with one attached hydrogen (secondary N) is 1. The van der Waals surface area contributed by atoms with Gasteiger partial charge in [-0.3, -0.25) is 0 Å². The zero-order valence-corrected chi connectivity index (χ0v) is 12.6. The molecule has 20 heavy (non-hydrogen) atoms. The summed E-state index contributed by atoms with van der Waals surface area (Å²) >= 11 is 0. The minimum absolute atomic E-state index is 0.0365. The van der Waals surface area contributed by atoms with Gasteiger partial charge >= 0.3 is 6.01 Å². The molecule has 0 aliphatic carbocycles. The molecule has 1 aromatic heterocycles. The molecule has 1 aromatic rings. The van der Waals surface area contributed by atoms with Gasteiger partial charge in [-0.1, -0.05) is 18.9 Å². The zero-order chi connectivity index (χ0) is 14.5. The van der Waals surface area contributed by atoms with Crippen LogP contribution in [0.2, 0.25) is 0 Å². The lowest BCUT2D eigenvalue weighted by atomic mass is 10.2. The molecule has 0 saturated carbocycles. The van der Waals surface area contributed by atoms with Gasteiger partial charge in [-0.05, 0) is 12.5 Å². The molecule has 2 heterocycles. The van der Waals surface area contributed by atoms with E-state index in [4.69, 9.17) is 13.9 Å². The maximum atomic E-state index is 5.67. The summed E-state index contributed by atoms with van der Waals surface area (Å²) in [6.45, 7) is 7.25. The summed E-state index contributed by atoms with van der Waals surface area (Å²) in [4.78, 5) is 2.00. The Morgan fingerprint density at radius 2 is 1.90 bits per heavy atom.